The van der Waals surface area contributed by atoms with E-state index in [0.717, 1.165) is 46.5 Å². The topological polar surface area (TPSA) is 75.7 Å². The molecule has 1 aliphatic heterocycles. The Morgan fingerprint density at radius 1 is 1.13 bits per heavy atom. The Bertz CT molecular complexity index is 1090. The van der Waals surface area contributed by atoms with E-state index < -0.39 is 16.1 Å². The molecule has 0 unspecified atom stereocenters. The molecule has 0 aromatic heterocycles. The van der Waals surface area contributed by atoms with E-state index >= 15 is 0 Å². The highest BCUT2D eigenvalue weighted by molar-refractivity contribution is 7.89. The Balaban J connectivity index is 1.91. The number of nitrogens with one attached hydrogen (secondary N) is 1. The lowest BCUT2D eigenvalue weighted by Crippen LogP contribution is -2.34. The van der Waals surface area contributed by atoms with Crippen LogP contribution in [0.4, 0.5) is 5.69 Å². The van der Waals surface area contributed by atoms with Crippen molar-refractivity contribution in [2.75, 3.05) is 18.6 Å². The summed E-state index contributed by atoms with van der Waals surface area (Å²) in [6.45, 7) is 10.2. The van der Waals surface area contributed by atoms with Gasteiger partial charge in [0.15, 0.2) is 0 Å². The van der Waals surface area contributed by atoms with Gasteiger partial charge in [0.05, 0.1) is 12.0 Å². The standard InChI is InChI=1S/C24H32N2O4S/c1-15(2)21-14-22(16(3)12-24(21)30-6)17(4)25-31(28,29)20-9-10-23-19(13-20)8-7-11-26(23)18(5)27/h9-10,12-15,17,25H,7-8,11H2,1-6H3/t17-/m1/s1. The van der Waals surface area contributed by atoms with Gasteiger partial charge in [0, 0.05) is 25.2 Å². The number of rotatable bonds is 6. The van der Waals surface area contributed by atoms with Gasteiger partial charge in [-0.3, -0.25) is 4.79 Å². The second-order valence-electron chi connectivity index (χ2n) is 8.51. The molecule has 0 spiro atoms. The van der Waals surface area contributed by atoms with Gasteiger partial charge in [-0.25, -0.2) is 13.1 Å². The van der Waals surface area contributed by atoms with Crippen molar-refractivity contribution >= 4 is 21.6 Å². The van der Waals surface area contributed by atoms with Gasteiger partial charge in [0.1, 0.15) is 5.75 Å². The summed E-state index contributed by atoms with van der Waals surface area (Å²) < 4.78 is 34.6. The predicted molar refractivity (Wildman–Crippen MR) is 123 cm³/mol. The van der Waals surface area contributed by atoms with Crippen molar-refractivity contribution in [3.8, 4) is 5.75 Å². The average molecular weight is 445 g/mol. The first-order valence-corrected chi connectivity index (χ1v) is 12.1. The molecule has 1 aliphatic rings. The largest absolute Gasteiger partial charge is 0.496 e. The number of hydrogen-bond donors (Lipinski definition) is 1. The molecule has 0 fully saturated rings. The van der Waals surface area contributed by atoms with Crippen LogP contribution in [0.25, 0.3) is 0 Å². The van der Waals surface area contributed by atoms with Crippen LogP contribution in [0.1, 0.15) is 68.3 Å². The molecule has 2 aromatic carbocycles. The van der Waals surface area contributed by atoms with Crippen molar-refractivity contribution in [1.29, 1.82) is 0 Å². The zero-order valence-corrected chi connectivity index (χ0v) is 20.0. The first kappa shape index (κ1) is 23.3. The first-order chi connectivity index (χ1) is 14.5. The lowest BCUT2D eigenvalue weighted by atomic mass is 9.94. The second-order valence-corrected chi connectivity index (χ2v) is 10.2. The van der Waals surface area contributed by atoms with Gasteiger partial charge in [-0.05, 0) is 85.2 Å². The Morgan fingerprint density at radius 3 is 2.45 bits per heavy atom. The molecule has 1 N–H and O–H groups in total. The van der Waals surface area contributed by atoms with Crippen LogP contribution in [-0.2, 0) is 21.2 Å². The molecule has 1 amide bonds. The normalized spacial score (nSPS) is 15.0. The highest BCUT2D eigenvalue weighted by Gasteiger charge is 2.25. The summed E-state index contributed by atoms with van der Waals surface area (Å²) in [5.41, 5.74) is 4.64. The molecular weight excluding hydrogens is 412 g/mol. The number of aryl methyl sites for hydroxylation is 2. The van der Waals surface area contributed by atoms with Gasteiger partial charge in [-0.1, -0.05) is 13.8 Å². The molecule has 0 aliphatic carbocycles. The van der Waals surface area contributed by atoms with Crippen LogP contribution < -0.4 is 14.4 Å². The van der Waals surface area contributed by atoms with Crippen molar-refractivity contribution < 1.29 is 17.9 Å². The van der Waals surface area contributed by atoms with Gasteiger partial charge in [-0.15, -0.1) is 0 Å². The van der Waals surface area contributed by atoms with E-state index in [-0.39, 0.29) is 16.7 Å². The molecule has 0 radical (unpaired) electrons. The minimum atomic E-state index is -3.73. The highest BCUT2D eigenvalue weighted by atomic mass is 32.2. The predicted octanol–water partition coefficient (Wildman–Crippen LogP) is 4.47. The third-order valence-electron chi connectivity index (χ3n) is 5.90. The zero-order chi connectivity index (χ0) is 22.9. The number of fused-ring (bicyclic) bond motifs is 1. The zero-order valence-electron chi connectivity index (χ0n) is 19.2. The summed E-state index contributed by atoms with van der Waals surface area (Å²) in [6, 6.07) is 8.60. The number of hydrogen-bond acceptors (Lipinski definition) is 4. The fourth-order valence-corrected chi connectivity index (χ4v) is 5.52. The maximum absolute atomic E-state index is 13.2. The molecule has 0 saturated carbocycles. The number of benzene rings is 2. The van der Waals surface area contributed by atoms with Crippen molar-refractivity contribution in [2.24, 2.45) is 0 Å². The number of nitrogens with zero attached hydrogens (tertiary/aromatic N) is 1. The van der Waals surface area contributed by atoms with E-state index in [4.69, 9.17) is 4.74 Å². The molecule has 1 heterocycles. The van der Waals surface area contributed by atoms with E-state index in [2.05, 4.69) is 18.6 Å². The van der Waals surface area contributed by atoms with E-state index in [1.54, 1.807) is 30.2 Å². The van der Waals surface area contributed by atoms with Crippen LogP contribution in [0.2, 0.25) is 0 Å². The number of sulfonamides is 1. The minimum Gasteiger partial charge on any atom is -0.496 e. The van der Waals surface area contributed by atoms with Gasteiger partial charge >= 0.3 is 0 Å². The van der Waals surface area contributed by atoms with Crippen LogP contribution in [0, 0.1) is 6.92 Å². The number of carbonyl (C=O) groups is 1. The molecule has 31 heavy (non-hydrogen) atoms. The lowest BCUT2D eigenvalue weighted by molar-refractivity contribution is -0.116. The Labute approximate surface area is 185 Å². The van der Waals surface area contributed by atoms with Crippen molar-refractivity contribution in [1.82, 2.24) is 4.72 Å². The van der Waals surface area contributed by atoms with E-state index in [9.17, 15) is 13.2 Å². The number of anilines is 1. The molecule has 168 valence electrons. The fourth-order valence-electron chi connectivity index (χ4n) is 4.24. The number of amides is 1. The minimum absolute atomic E-state index is 0.0285. The summed E-state index contributed by atoms with van der Waals surface area (Å²) >= 11 is 0. The van der Waals surface area contributed by atoms with Crippen molar-refractivity contribution in [3.63, 3.8) is 0 Å². The van der Waals surface area contributed by atoms with Crippen LogP contribution in [0.15, 0.2) is 35.2 Å². The Kier molecular flexibility index (Phi) is 6.76. The molecular formula is C24H32N2O4S. The maximum Gasteiger partial charge on any atom is 0.241 e. The van der Waals surface area contributed by atoms with Crippen LogP contribution in [0.3, 0.4) is 0 Å². The fraction of sp³-hybridized carbons (Fsp3) is 0.458. The van der Waals surface area contributed by atoms with Gasteiger partial charge in [0.2, 0.25) is 15.9 Å². The maximum atomic E-state index is 13.2. The summed E-state index contributed by atoms with van der Waals surface area (Å²) in [5.74, 6) is 1.04. The SMILES string of the molecule is COc1cc(C)c([C@@H](C)NS(=O)(=O)c2ccc3c(c2)CCCN3C(C)=O)cc1C(C)C. The quantitative estimate of drug-likeness (QED) is 0.713. The molecule has 3 rings (SSSR count). The second kappa shape index (κ2) is 9.01. The Morgan fingerprint density at radius 2 is 1.84 bits per heavy atom. The summed E-state index contributed by atoms with van der Waals surface area (Å²) in [7, 11) is -2.08. The summed E-state index contributed by atoms with van der Waals surface area (Å²) in [6.07, 6.45) is 1.58. The van der Waals surface area contributed by atoms with Crippen molar-refractivity contribution in [2.45, 2.75) is 64.3 Å². The highest BCUT2D eigenvalue weighted by Crippen LogP contribution is 2.33. The third-order valence-corrected chi connectivity index (χ3v) is 7.44. The number of carbonyl (C=O) groups excluding carboxylic acids is 1. The first-order valence-electron chi connectivity index (χ1n) is 10.7. The van der Waals surface area contributed by atoms with Crippen LogP contribution >= 0.6 is 0 Å². The van der Waals surface area contributed by atoms with Gasteiger partial charge in [-0.2, -0.15) is 0 Å². The van der Waals surface area contributed by atoms with E-state index in [1.807, 2.05) is 26.0 Å². The lowest BCUT2D eigenvalue weighted by Gasteiger charge is -2.29. The molecule has 2 aromatic rings. The van der Waals surface area contributed by atoms with E-state index in [1.165, 1.54) is 6.92 Å². The van der Waals surface area contributed by atoms with Gasteiger partial charge in [0.25, 0.3) is 0 Å². The molecule has 1 atom stereocenters. The van der Waals surface area contributed by atoms with Crippen LogP contribution in [-0.4, -0.2) is 28.0 Å². The third kappa shape index (κ3) is 4.77. The average Bonchev–Trinajstić information content (AvgIpc) is 2.71. The molecule has 6 nitrogen and oxygen atoms in total. The Hall–Kier alpha value is -2.38. The van der Waals surface area contributed by atoms with E-state index in [0.29, 0.717) is 6.54 Å². The van der Waals surface area contributed by atoms with Crippen LogP contribution in [0.5, 0.6) is 5.75 Å². The number of ether oxygens (including phenoxy) is 1. The van der Waals surface area contributed by atoms with Crippen molar-refractivity contribution in [3.05, 3.63) is 52.6 Å². The molecule has 7 heteroatoms. The smallest absolute Gasteiger partial charge is 0.241 e. The monoisotopic (exact) mass is 444 g/mol. The number of methoxy groups -OCH3 is 1. The molecule has 0 saturated heterocycles. The summed E-state index contributed by atoms with van der Waals surface area (Å²) in [4.78, 5) is 13.8. The molecule has 0 bridgehead atoms. The summed E-state index contributed by atoms with van der Waals surface area (Å²) in [5, 5.41) is 0. The van der Waals surface area contributed by atoms with Gasteiger partial charge < -0.3 is 9.64 Å².